The molecule has 0 amide bonds. The van der Waals surface area contributed by atoms with E-state index in [2.05, 4.69) is 9.47 Å². The number of alkyl halides is 6. The number of carbonyl (C=O) groups excluding carboxylic acids is 1. The lowest BCUT2D eigenvalue weighted by molar-refractivity contribution is -0.201. The molecule has 2 rings (SSSR count). The molecule has 0 saturated heterocycles. The third-order valence-electron chi connectivity index (χ3n) is 2.92. The number of carbonyl (C=O) groups is 1. The third-order valence-corrected chi connectivity index (χ3v) is 2.92. The summed E-state index contributed by atoms with van der Waals surface area (Å²) in [6.07, 6.45) is -8.29. The van der Waals surface area contributed by atoms with Gasteiger partial charge < -0.3 is 9.47 Å². The lowest BCUT2D eigenvalue weighted by Gasteiger charge is -2.21. The monoisotopic (exact) mass is 328 g/mol. The summed E-state index contributed by atoms with van der Waals surface area (Å²) in [5, 5.41) is 0. The molecular formula is C13H10F6O3. The number of halogens is 6. The molecule has 0 spiro atoms. The fourth-order valence-corrected chi connectivity index (χ4v) is 1.99. The first-order chi connectivity index (χ1) is 10.2. The topological polar surface area (TPSA) is 35.5 Å². The zero-order valence-corrected chi connectivity index (χ0v) is 11.0. The lowest BCUT2D eigenvalue weighted by Crippen LogP contribution is -2.30. The summed E-state index contributed by atoms with van der Waals surface area (Å²) in [7, 11) is 0. The summed E-state index contributed by atoms with van der Waals surface area (Å²) in [5.74, 6) is -2.23. The number of benzene rings is 1. The van der Waals surface area contributed by atoms with Crippen molar-refractivity contribution in [2.24, 2.45) is 0 Å². The minimum Gasteiger partial charge on any atom is -0.427 e. The van der Waals surface area contributed by atoms with Crippen molar-refractivity contribution in [1.29, 1.82) is 0 Å². The molecule has 0 unspecified atom stereocenters. The van der Waals surface area contributed by atoms with Gasteiger partial charge in [0, 0.05) is 12.0 Å². The highest BCUT2D eigenvalue weighted by Gasteiger charge is 2.38. The van der Waals surface area contributed by atoms with Gasteiger partial charge in [0.05, 0.1) is 0 Å². The summed E-state index contributed by atoms with van der Waals surface area (Å²) in [5.41, 5.74) is 0.283. The number of hydrogen-bond donors (Lipinski definition) is 0. The molecule has 0 fully saturated rings. The standard InChI is InChI=1S/C13H10F6O3/c14-5-12(16,17)21-10-3-7-1-2-9(20)8(7)4-11(10)22-13(18,19)6-15/h3-4H,1-2,5-6H2. The number of aryl methyl sites for hydroxylation is 1. The quantitative estimate of drug-likeness (QED) is 0.747. The van der Waals surface area contributed by atoms with Crippen LogP contribution in [0, 0.1) is 0 Å². The summed E-state index contributed by atoms with van der Waals surface area (Å²) in [6.45, 7) is -4.40. The van der Waals surface area contributed by atoms with Gasteiger partial charge in [0.1, 0.15) is 0 Å². The zero-order valence-electron chi connectivity index (χ0n) is 11.0. The molecule has 1 aromatic rings. The number of Topliss-reactive ketones (excluding diaryl/α,β-unsaturated/α-hetero) is 1. The van der Waals surface area contributed by atoms with Gasteiger partial charge in [-0.05, 0) is 24.1 Å². The van der Waals surface area contributed by atoms with Crippen molar-refractivity contribution in [3.63, 3.8) is 0 Å². The van der Waals surface area contributed by atoms with Gasteiger partial charge in [0.25, 0.3) is 0 Å². The Bertz CT molecular complexity index is 587. The molecular weight excluding hydrogens is 318 g/mol. The van der Waals surface area contributed by atoms with Crippen LogP contribution in [0.15, 0.2) is 12.1 Å². The fourth-order valence-electron chi connectivity index (χ4n) is 1.99. The molecule has 22 heavy (non-hydrogen) atoms. The Morgan fingerprint density at radius 1 is 0.909 bits per heavy atom. The van der Waals surface area contributed by atoms with Crippen molar-refractivity contribution < 1.29 is 40.6 Å². The maximum Gasteiger partial charge on any atom is 0.427 e. The minimum absolute atomic E-state index is 0.000531. The first-order valence-electron chi connectivity index (χ1n) is 6.13. The van der Waals surface area contributed by atoms with Gasteiger partial charge in [-0.15, -0.1) is 0 Å². The highest BCUT2D eigenvalue weighted by molar-refractivity contribution is 6.01. The second-order valence-corrected chi connectivity index (χ2v) is 4.63. The van der Waals surface area contributed by atoms with E-state index in [-0.39, 0.29) is 24.0 Å². The van der Waals surface area contributed by atoms with E-state index in [1.807, 2.05) is 0 Å². The third kappa shape index (κ3) is 3.45. The smallest absolute Gasteiger partial charge is 0.427 e. The van der Waals surface area contributed by atoms with Crippen LogP contribution in [0.5, 0.6) is 11.5 Å². The number of fused-ring (bicyclic) bond motifs is 1. The molecule has 0 heterocycles. The van der Waals surface area contributed by atoms with Crippen molar-refractivity contribution in [3.8, 4) is 11.5 Å². The number of ether oxygens (including phenoxy) is 2. The van der Waals surface area contributed by atoms with Crippen molar-refractivity contribution >= 4 is 5.78 Å². The molecule has 0 aliphatic heterocycles. The molecule has 0 atom stereocenters. The molecule has 0 saturated carbocycles. The lowest BCUT2D eigenvalue weighted by atomic mass is 10.1. The first kappa shape index (κ1) is 16.4. The molecule has 1 aliphatic carbocycles. The molecule has 0 bridgehead atoms. The van der Waals surface area contributed by atoms with E-state index in [0.29, 0.717) is 0 Å². The molecule has 9 heteroatoms. The van der Waals surface area contributed by atoms with Crippen LogP contribution in [0.4, 0.5) is 26.3 Å². The summed E-state index contributed by atoms with van der Waals surface area (Å²) in [4.78, 5) is 11.5. The van der Waals surface area contributed by atoms with Crippen LogP contribution in [-0.2, 0) is 6.42 Å². The highest BCUT2D eigenvalue weighted by Crippen LogP contribution is 2.39. The van der Waals surface area contributed by atoms with Crippen molar-refractivity contribution in [3.05, 3.63) is 23.3 Å². The van der Waals surface area contributed by atoms with E-state index >= 15 is 0 Å². The Balaban J connectivity index is 2.44. The van der Waals surface area contributed by atoms with E-state index in [1.165, 1.54) is 0 Å². The maximum atomic E-state index is 13.0. The van der Waals surface area contributed by atoms with Crippen LogP contribution in [0.25, 0.3) is 0 Å². The van der Waals surface area contributed by atoms with Crippen LogP contribution in [-0.4, -0.2) is 31.3 Å². The van der Waals surface area contributed by atoms with Gasteiger partial charge in [0.15, 0.2) is 30.6 Å². The van der Waals surface area contributed by atoms with Crippen molar-refractivity contribution in [2.75, 3.05) is 13.3 Å². The Kier molecular flexibility index (Phi) is 4.25. The Morgan fingerprint density at radius 2 is 1.41 bits per heavy atom. The van der Waals surface area contributed by atoms with Crippen molar-refractivity contribution in [1.82, 2.24) is 0 Å². The molecule has 0 radical (unpaired) electrons. The summed E-state index contributed by atoms with van der Waals surface area (Å²) < 4.78 is 84.3. The van der Waals surface area contributed by atoms with Crippen LogP contribution in [0.1, 0.15) is 22.3 Å². The normalized spacial score (nSPS) is 14.9. The summed E-state index contributed by atoms with van der Waals surface area (Å²) >= 11 is 0. The van der Waals surface area contributed by atoms with Gasteiger partial charge in [-0.25, -0.2) is 8.78 Å². The van der Waals surface area contributed by atoms with Gasteiger partial charge >= 0.3 is 12.2 Å². The van der Waals surface area contributed by atoms with Crippen LogP contribution in [0.2, 0.25) is 0 Å². The molecule has 1 aromatic carbocycles. The van der Waals surface area contributed by atoms with E-state index in [4.69, 9.17) is 0 Å². The van der Waals surface area contributed by atoms with Gasteiger partial charge in [-0.2, -0.15) is 17.6 Å². The second-order valence-electron chi connectivity index (χ2n) is 4.63. The Hall–Kier alpha value is -1.93. The van der Waals surface area contributed by atoms with Gasteiger partial charge in [-0.1, -0.05) is 0 Å². The molecule has 3 nitrogen and oxygen atoms in total. The Labute approximate surface area is 120 Å². The number of hydrogen-bond acceptors (Lipinski definition) is 3. The van der Waals surface area contributed by atoms with E-state index < -0.39 is 42.8 Å². The molecule has 122 valence electrons. The predicted octanol–water partition coefficient (Wildman–Crippen LogP) is 3.70. The van der Waals surface area contributed by atoms with Crippen LogP contribution < -0.4 is 9.47 Å². The van der Waals surface area contributed by atoms with E-state index in [9.17, 15) is 31.1 Å². The van der Waals surface area contributed by atoms with E-state index in [0.717, 1.165) is 12.1 Å². The number of ketones is 1. The van der Waals surface area contributed by atoms with Crippen LogP contribution >= 0.6 is 0 Å². The van der Waals surface area contributed by atoms with Crippen LogP contribution in [0.3, 0.4) is 0 Å². The molecule has 0 aromatic heterocycles. The van der Waals surface area contributed by atoms with Gasteiger partial charge in [0.2, 0.25) is 0 Å². The second kappa shape index (κ2) is 5.69. The predicted molar refractivity (Wildman–Crippen MR) is 62.2 cm³/mol. The summed E-state index contributed by atoms with van der Waals surface area (Å²) in [6, 6.07) is 1.67. The molecule has 0 N–H and O–H groups in total. The average molecular weight is 328 g/mol. The maximum absolute atomic E-state index is 13.0. The average Bonchev–Trinajstić information content (AvgIpc) is 2.79. The van der Waals surface area contributed by atoms with Crippen molar-refractivity contribution in [2.45, 2.75) is 25.1 Å². The minimum atomic E-state index is -4.29. The fraction of sp³-hybridized carbons (Fsp3) is 0.462. The largest absolute Gasteiger partial charge is 0.427 e. The van der Waals surface area contributed by atoms with Gasteiger partial charge in [-0.3, -0.25) is 4.79 Å². The number of rotatable bonds is 6. The highest BCUT2D eigenvalue weighted by atomic mass is 19.3. The van der Waals surface area contributed by atoms with E-state index in [1.54, 1.807) is 0 Å². The first-order valence-corrected chi connectivity index (χ1v) is 6.13. The molecule has 1 aliphatic rings. The zero-order chi connectivity index (χ0) is 16.5. The Morgan fingerprint density at radius 3 is 1.91 bits per heavy atom. The SMILES string of the molecule is O=C1CCc2cc(OC(F)(F)CF)c(OC(F)(F)CF)cc21.